The first-order chi connectivity index (χ1) is 8.38. The number of hydrogen-bond donors (Lipinski definition) is 1. The van der Waals surface area contributed by atoms with Gasteiger partial charge in [0.25, 0.3) is 0 Å². The molecule has 2 aromatic heterocycles. The highest BCUT2D eigenvalue weighted by Crippen LogP contribution is 2.18. The summed E-state index contributed by atoms with van der Waals surface area (Å²) < 4.78 is 0. The Morgan fingerprint density at radius 1 is 1.24 bits per heavy atom. The van der Waals surface area contributed by atoms with Crippen LogP contribution in [-0.4, -0.2) is 26.5 Å². The predicted octanol–water partition coefficient (Wildman–Crippen LogP) is 1.99. The molecule has 0 aliphatic carbocycles. The molecule has 6 heteroatoms. The lowest BCUT2D eigenvalue weighted by Gasteiger charge is -2.03. The molecule has 0 saturated carbocycles. The van der Waals surface area contributed by atoms with Gasteiger partial charge in [0.1, 0.15) is 12.1 Å². The van der Waals surface area contributed by atoms with Crippen molar-refractivity contribution in [2.75, 3.05) is 11.9 Å². The molecule has 1 N–H and O–H groups in total. The van der Waals surface area contributed by atoms with Crippen LogP contribution in [0, 0.1) is 0 Å². The van der Waals surface area contributed by atoms with Gasteiger partial charge in [-0.1, -0.05) is 11.8 Å². The van der Waals surface area contributed by atoms with Crippen LogP contribution in [0.25, 0.3) is 0 Å². The maximum absolute atomic E-state index is 4.32. The second-order valence-corrected chi connectivity index (χ2v) is 4.26. The van der Waals surface area contributed by atoms with Gasteiger partial charge in [0.15, 0.2) is 0 Å². The van der Waals surface area contributed by atoms with E-state index in [1.54, 1.807) is 36.7 Å². The van der Waals surface area contributed by atoms with Crippen LogP contribution in [0.1, 0.15) is 12.6 Å². The largest absolute Gasteiger partial charge is 0.369 e. The van der Waals surface area contributed by atoms with Crippen LogP contribution < -0.4 is 5.32 Å². The predicted molar refractivity (Wildman–Crippen MR) is 67.8 cm³/mol. The number of nitrogens with one attached hydrogen (secondary N) is 1. The van der Waals surface area contributed by atoms with Crippen molar-refractivity contribution in [1.29, 1.82) is 0 Å². The highest BCUT2D eigenvalue weighted by molar-refractivity contribution is 7.98. The molecule has 0 atom stereocenters. The van der Waals surface area contributed by atoms with Crippen LogP contribution in [0.4, 0.5) is 5.82 Å². The van der Waals surface area contributed by atoms with E-state index in [9.17, 15) is 0 Å². The Labute approximate surface area is 104 Å². The van der Waals surface area contributed by atoms with Gasteiger partial charge in [-0.25, -0.2) is 15.0 Å². The van der Waals surface area contributed by atoms with Crippen molar-refractivity contribution in [3.05, 3.63) is 36.7 Å². The fourth-order valence-electron chi connectivity index (χ4n) is 1.21. The zero-order chi connectivity index (χ0) is 11.9. The molecule has 0 radical (unpaired) electrons. The van der Waals surface area contributed by atoms with Gasteiger partial charge < -0.3 is 5.32 Å². The Morgan fingerprint density at radius 2 is 2.18 bits per heavy atom. The molecule has 0 unspecified atom stereocenters. The molecule has 0 saturated heterocycles. The summed E-state index contributed by atoms with van der Waals surface area (Å²) in [5.74, 6) is 1.57. The number of hydrogen-bond acceptors (Lipinski definition) is 6. The third-order valence-electron chi connectivity index (χ3n) is 1.99. The summed E-state index contributed by atoms with van der Waals surface area (Å²) in [6.07, 6.45) is 6.81. The molecule has 0 spiro atoms. The van der Waals surface area contributed by atoms with Gasteiger partial charge in [-0.3, -0.25) is 4.98 Å². The molecule has 2 rings (SSSR count). The molecule has 0 fully saturated rings. The summed E-state index contributed by atoms with van der Waals surface area (Å²) in [7, 11) is 0. The molecule has 0 bridgehead atoms. The van der Waals surface area contributed by atoms with Crippen LogP contribution in [-0.2, 0) is 5.75 Å². The first-order valence-corrected chi connectivity index (χ1v) is 6.30. The van der Waals surface area contributed by atoms with Gasteiger partial charge >= 0.3 is 0 Å². The van der Waals surface area contributed by atoms with Gasteiger partial charge in [0, 0.05) is 18.5 Å². The Morgan fingerprint density at radius 3 is 2.82 bits per heavy atom. The van der Waals surface area contributed by atoms with Gasteiger partial charge in [-0.05, 0) is 13.0 Å². The monoisotopic (exact) mass is 247 g/mol. The van der Waals surface area contributed by atoms with Crippen LogP contribution in [0.15, 0.2) is 36.0 Å². The topological polar surface area (TPSA) is 63.6 Å². The SMILES string of the molecule is CCNc1cnc(CSc2ccncn2)cn1. The zero-order valence-electron chi connectivity index (χ0n) is 9.50. The van der Waals surface area contributed by atoms with Crippen LogP contribution in [0.2, 0.25) is 0 Å². The van der Waals surface area contributed by atoms with Gasteiger partial charge in [-0.2, -0.15) is 0 Å². The molecule has 2 aromatic rings. The molecule has 0 aliphatic rings. The van der Waals surface area contributed by atoms with Crippen LogP contribution in [0.5, 0.6) is 0 Å². The Kier molecular flexibility index (Phi) is 4.26. The van der Waals surface area contributed by atoms with Crippen LogP contribution >= 0.6 is 11.8 Å². The first-order valence-electron chi connectivity index (χ1n) is 5.32. The van der Waals surface area contributed by atoms with Gasteiger partial charge in [0.05, 0.1) is 23.1 Å². The highest BCUT2D eigenvalue weighted by Gasteiger charge is 1.99. The zero-order valence-corrected chi connectivity index (χ0v) is 10.3. The summed E-state index contributed by atoms with van der Waals surface area (Å²) in [5.41, 5.74) is 0.940. The molecule has 0 aliphatic heterocycles. The summed E-state index contributed by atoms with van der Waals surface area (Å²) in [6.45, 7) is 2.88. The number of anilines is 1. The summed E-state index contributed by atoms with van der Waals surface area (Å²) in [4.78, 5) is 16.6. The van der Waals surface area contributed by atoms with E-state index in [2.05, 4.69) is 25.3 Å². The van der Waals surface area contributed by atoms with Crippen molar-refractivity contribution in [3.63, 3.8) is 0 Å². The van der Waals surface area contributed by atoms with Crippen molar-refractivity contribution in [2.24, 2.45) is 0 Å². The highest BCUT2D eigenvalue weighted by atomic mass is 32.2. The molecule has 5 nitrogen and oxygen atoms in total. The smallest absolute Gasteiger partial charge is 0.144 e. The minimum atomic E-state index is 0.760. The van der Waals surface area contributed by atoms with Crippen molar-refractivity contribution in [2.45, 2.75) is 17.7 Å². The van der Waals surface area contributed by atoms with E-state index < -0.39 is 0 Å². The van der Waals surface area contributed by atoms with Crippen LogP contribution in [0.3, 0.4) is 0 Å². The van der Waals surface area contributed by atoms with E-state index in [1.165, 1.54) is 0 Å². The number of nitrogens with zero attached hydrogens (tertiary/aromatic N) is 4. The lowest BCUT2D eigenvalue weighted by atomic mass is 10.5. The van der Waals surface area contributed by atoms with E-state index in [-0.39, 0.29) is 0 Å². The van der Waals surface area contributed by atoms with Gasteiger partial charge in [-0.15, -0.1) is 0 Å². The van der Waals surface area contributed by atoms with Crippen molar-refractivity contribution in [1.82, 2.24) is 19.9 Å². The molecule has 2 heterocycles. The van der Waals surface area contributed by atoms with Crippen molar-refractivity contribution in [3.8, 4) is 0 Å². The Bertz CT molecular complexity index is 445. The summed E-state index contributed by atoms with van der Waals surface area (Å²) in [5, 5.41) is 4.05. The lowest BCUT2D eigenvalue weighted by Crippen LogP contribution is -2.00. The van der Waals surface area contributed by atoms with E-state index in [4.69, 9.17) is 0 Å². The molecule has 0 amide bonds. The lowest BCUT2D eigenvalue weighted by molar-refractivity contribution is 1.04. The summed E-state index contributed by atoms with van der Waals surface area (Å²) in [6, 6.07) is 1.88. The van der Waals surface area contributed by atoms with E-state index >= 15 is 0 Å². The maximum atomic E-state index is 4.32. The number of aromatic nitrogens is 4. The molecule has 0 aromatic carbocycles. The van der Waals surface area contributed by atoms with E-state index in [0.29, 0.717) is 0 Å². The minimum absolute atomic E-state index is 0.760. The Balaban J connectivity index is 1.91. The standard InChI is InChI=1S/C11H13N5S/c1-2-13-10-6-14-9(5-15-10)7-17-11-3-4-12-8-16-11/h3-6,8H,2,7H2,1H3,(H,13,15). The molecule has 88 valence electrons. The molecule has 17 heavy (non-hydrogen) atoms. The fraction of sp³-hybridized carbons (Fsp3) is 0.273. The third-order valence-corrected chi connectivity index (χ3v) is 2.96. The second kappa shape index (κ2) is 6.15. The average molecular weight is 247 g/mol. The normalized spacial score (nSPS) is 10.2. The minimum Gasteiger partial charge on any atom is -0.369 e. The third kappa shape index (κ3) is 3.67. The molecular weight excluding hydrogens is 234 g/mol. The Hall–Kier alpha value is -1.69. The summed E-state index contributed by atoms with van der Waals surface area (Å²) >= 11 is 1.62. The van der Waals surface area contributed by atoms with Crippen molar-refractivity contribution < 1.29 is 0 Å². The second-order valence-electron chi connectivity index (χ2n) is 3.26. The fourth-order valence-corrected chi connectivity index (χ4v) is 1.94. The van der Waals surface area contributed by atoms with E-state index in [1.807, 2.05) is 13.0 Å². The van der Waals surface area contributed by atoms with Gasteiger partial charge in [0.2, 0.25) is 0 Å². The number of rotatable bonds is 5. The number of thioether (sulfide) groups is 1. The maximum Gasteiger partial charge on any atom is 0.144 e. The van der Waals surface area contributed by atoms with Crippen molar-refractivity contribution >= 4 is 17.6 Å². The quantitative estimate of drug-likeness (QED) is 0.644. The van der Waals surface area contributed by atoms with E-state index in [0.717, 1.165) is 28.8 Å². The first kappa shape index (κ1) is 11.8. The molecular formula is C11H13N5S. The average Bonchev–Trinajstić information content (AvgIpc) is 2.40.